The molecule has 3 N–H and O–H groups in total. The summed E-state index contributed by atoms with van der Waals surface area (Å²) in [6, 6.07) is 9.39. The minimum atomic E-state index is -1.62. The highest BCUT2D eigenvalue weighted by Gasteiger charge is 2.14. The first-order valence-electron chi connectivity index (χ1n) is 8.27. The second-order valence-corrected chi connectivity index (χ2v) is 6.41. The molecule has 0 atom stereocenters. The third kappa shape index (κ3) is 4.22. The first kappa shape index (κ1) is 19.6. The van der Waals surface area contributed by atoms with Crippen LogP contribution in [-0.2, 0) is 11.3 Å². The van der Waals surface area contributed by atoms with Gasteiger partial charge in [0.05, 0.1) is 5.69 Å². The molecule has 28 heavy (non-hydrogen) atoms. The van der Waals surface area contributed by atoms with Crippen LogP contribution in [0.25, 0.3) is 11.4 Å². The Balaban J connectivity index is 1.65. The molecule has 0 aliphatic heterocycles. The highest BCUT2D eigenvalue weighted by molar-refractivity contribution is 7.71. The zero-order valence-corrected chi connectivity index (χ0v) is 15.5. The lowest BCUT2D eigenvalue weighted by Crippen LogP contribution is -2.30. The first-order chi connectivity index (χ1) is 13.4. The van der Waals surface area contributed by atoms with E-state index < -0.39 is 23.4 Å². The van der Waals surface area contributed by atoms with Crippen LogP contribution in [0.15, 0.2) is 36.4 Å². The van der Waals surface area contributed by atoms with Crippen molar-refractivity contribution < 1.29 is 18.0 Å². The largest absolute Gasteiger partial charge is 0.300 e. The number of amides is 1. The third-order valence-corrected chi connectivity index (χ3v) is 4.28. The molecule has 3 aromatic rings. The fourth-order valence-corrected chi connectivity index (χ4v) is 2.79. The molecule has 1 aromatic heterocycles. The van der Waals surface area contributed by atoms with E-state index in [2.05, 4.69) is 21.0 Å². The minimum absolute atomic E-state index is 0.00898. The van der Waals surface area contributed by atoms with E-state index in [1.165, 1.54) is 0 Å². The summed E-state index contributed by atoms with van der Waals surface area (Å²) < 4.78 is 41.7. The van der Waals surface area contributed by atoms with Crippen LogP contribution in [-0.4, -0.2) is 20.7 Å². The lowest BCUT2D eigenvalue weighted by molar-refractivity contribution is -0.120. The van der Waals surface area contributed by atoms with Crippen LogP contribution < -0.4 is 10.9 Å². The number of H-pyrrole nitrogens is 1. The summed E-state index contributed by atoms with van der Waals surface area (Å²) in [5.74, 6) is -4.26. The van der Waals surface area contributed by atoms with Crippen LogP contribution in [0.2, 0.25) is 0 Å². The molecule has 10 heteroatoms. The standard InChI is InChI=1S/C18H16F3N5OS/c1-10-3-2-4-11(9-10)17-24-25-18(28)26(17)8-7-14(27)23-22-13-6-5-12(19)15(20)16(13)21/h2-6,9,22H,7-8H2,1H3,(H,23,27)(H,25,28). The van der Waals surface area contributed by atoms with Gasteiger partial charge in [0.25, 0.3) is 0 Å². The molecule has 1 heterocycles. The monoisotopic (exact) mass is 407 g/mol. The Kier molecular flexibility index (Phi) is 5.78. The highest BCUT2D eigenvalue weighted by atomic mass is 32.1. The van der Waals surface area contributed by atoms with E-state index in [1.54, 1.807) is 4.57 Å². The number of anilines is 1. The van der Waals surface area contributed by atoms with Crippen molar-refractivity contribution in [3.63, 3.8) is 0 Å². The van der Waals surface area contributed by atoms with E-state index in [9.17, 15) is 18.0 Å². The zero-order chi connectivity index (χ0) is 20.3. The van der Waals surface area contributed by atoms with Gasteiger partial charge in [-0.15, -0.1) is 0 Å². The molecule has 0 radical (unpaired) electrons. The number of hydrazine groups is 1. The Morgan fingerprint density at radius 2 is 2.00 bits per heavy atom. The van der Waals surface area contributed by atoms with Crippen molar-refractivity contribution in [2.24, 2.45) is 0 Å². The number of benzene rings is 2. The fourth-order valence-electron chi connectivity index (χ4n) is 2.56. The molecule has 146 valence electrons. The SMILES string of the molecule is Cc1cccc(-c2n[nH]c(=S)n2CCC(=O)NNc2ccc(F)c(F)c2F)c1. The lowest BCUT2D eigenvalue weighted by atomic mass is 10.1. The number of aromatic amines is 1. The maximum absolute atomic E-state index is 13.6. The van der Waals surface area contributed by atoms with Gasteiger partial charge in [0.2, 0.25) is 5.91 Å². The Bertz CT molecular complexity index is 1080. The van der Waals surface area contributed by atoms with Gasteiger partial charge in [-0.3, -0.25) is 25.3 Å². The summed E-state index contributed by atoms with van der Waals surface area (Å²) >= 11 is 5.21. The molecule has 1 amide bonds. The first-order valence-corrected chi connectivity index (χ1v) is 8.68. The lowest BCUT2D eigenvalue weighted by Gasteiger charge is -2.11. The summed E-state index contributed by atoms with van der Waals surface area (Å²) in [4.78, 5) is 12.0. The average molecular weight is 407 g/mol. The molecule has 0 aliphatic carbocycles. The Morgan fingerprint density at radius 3 is 2.75 bits per heavy atom. The number of halogens is 3. The molecule has 0 bridgehead atoms. The van der Waals surface area contributed by atoms with Crippen LogP contribution in [0.1, 0.15) is 12.0 Å². The van der Waals surface area contributed by atoms with Crippen LogP contribution in [0.4, 0.5) is 18.9 Å². The Morgan fingerprint density at radius 1 is 1.21 bits per heavy atom. The van der Waals surface area contributed by atoms with Crippen LogP contribution in [0, 0.1) is 29.1 Å². The van der Waals surface area contributed by atoms with Crippen molar-refractivity contribution in [2.45, 2.75) is 19.9 Å². The molecule has 0 spiro atoms. The molecular weight excluding hydrogens is 391 g/mol. The minimum Gasteiger partial charge on any atom is -0.300 e. The topological polar surface area (TPSA) is 74.7 Å². The van der Waals surface area contributed by atoms with Gasteiger partial charge in [0.1, 0.15) is 0 Å². The fraction of sp³-hybridized carbons (Fsp3) is 0.167. The van der Waals surface area contributed by atoms with E-state index in [1.807, 2.05) is 31.2 Å². The highest BCUT2D eigenvalue weighted by Crippen LogP contribution is 2.20. The molecule has 0 saturated heterocycles. The van der Waals surface area contributed by atoms with E-state index in [-0.39, 0.29) is 18.7 Å². The quantitative estimate of drug-likeness (QED) is 0.330. The van der Waals surface area contributed by atoms with Crippen LogP contribution in [0.5, 0.6) is 0 Å². The zero-order valence-electron chi connectivity index (χ0n) is 14.7. The summed E-state index contributed by atoms with van der Waals surface area (Å²) in [6.45, 7) is 2.16. The molecule has 0 saturated carbocycles. The Labute approximate surface area is 163 Å². The Hall–Kier alpha value is -3.14. The van der Waals surface area contributed by atoms with Crippen molar-refractivity contribution in [2.75, 3.05) is 5.43 Å². The summed E-state index contributed by atoms with van der Waals surface area (Å²) in [7, 11) is 0. The molecular formula is C18H16F3N5OS. The number of aryl methyl sites for hydroxylation is 1. The van der Waals surface area contributed by atoms with Gasteiger partial charge >= 0.3 is 0 Å². The molecule has 3 rings (SSSR count). The number of nitrogens with one attached hydrogen (secondary N) is 3. The predicted molar refractivity (Wildman–Crippen MR) is 100 cm³/mol. The summed E-state index contributed by atoms with van der Waals surface area (Å²) in [6.07, 6.45) is -0.00898. The van der Waals surface area contributed by atoms with Gasteiger partial charge in [-0.05, 0) is 37.3 Å². The maximum atomic E-state index is 13.6. The third-order valence-electron chi connectivity index (χ3n) is 3.97. The van der Waals surface area contributed by atoms with Gasteiger partial charge < -0.3 is 0 Å². The smallest absolute Gasteiger partial charge is 0.240 e. The summed E-state index contributed by atoms with van der Waals surface area (Å²) in [5, 5.41) is 6.90. The number of aromatic nitrogens is 3. The maximum Gasteiger partial charge on any atom is 0.240 e. The van der Waals surface area contributed by atoms with Crippen LogP contribution >= 0.6 is 12.2 Å². The van der Waals surface area contributed by atoms with Gasteiger partial charge in [-0.1, -0.05) is 23.8 Å². The molecule has 0 unspecified atom stereocenters. The number of rotatable bonds is 6. The van der Waals surface area contributed by atoms with Gasteiger partial charge in [-0.25, -0.2) is 13.2 Å². The van der Waals surface area contributed by atoms with Crippen molar-refractivity contribution >= 4 is 23.8 Å². The summed E-state index contributed by atoms with van der Waals surface area (Å²) in [5.41, 5.74) is 5.99. The number of carbonyl (C=O) groups excluding carboxylic acids is 1. The second kappa shape index (κ2) is 8.26. The average Bonchev–Trinajstić information content (AvgIpc) is 3.04. The number of nitrogens with zero attached hydrogens (tertiary/aromatic N) is 2. The van der Waals surface area contributed by atoms with Gasteiger partial charge in [-0.2, -0.15) is 5.10 Å². The van der Waals surface area contributed by atoms with E-state index >= 15 is 0 Å². The van der Waals surface area contributed by atoms with Crippen molar-refractivity contribution in [1.82, 2.24) is 20.2 Å². The molecule has 0 fully saturated rings. The van der Waals surface area contributed by atoms with E-state index in [0.29, 0.717) is 10.6 Å². The normalized spacial score (nSPS) is 10.7. The van der Waals surface area contributed by atoms with Gasteiger partial charge in [0, 0.05) is 18.5 Å². The van der Waals surface area contributed by atoms with Gasteiger partial charge in [0.15, 0.2) is 28.0 Å². The second-order valence-electron chi connectivity index (χ2n) is 6.02. The number of hydrogen-bond donors (Lipinski definition) is 3. The number of carbonyl (C=O) groups is 1. The number of hydrogen-bond acceptors (Lipinski definition) is 4. The molecule has 6 nitrogen and oxygen atoms in total. The van der Waals surface area contributed by atoms with Crippen molar-refractivity contribution in [1.29, 1.82) is 0 Å². The van der Waals surface area contributed by atoms with Crippen LogP contribution in [0.3, 0.4) is 0 Å². The van der Waals surface area contributed by atoms with E-state index in [0.717, 1.165) is 23.3 Å². The van der Waals surface area contributed by atoms with Crippen molar-refractivity contribution in [3.8, 4) is 11.4 Å². The predicted octanol–water partition coefficient (Wildman–Crippen LogP) is 3.87. The van der Waals surface area contributed by atoms with Crippen molar-refractivity contribution in [3.05, 3.63) is 64.2 Å². The molecule has 0 aliphatic rings. The van der Waals surface area contributed by atoms with E-state index in [4.69, 9.17) is 12.2 Å². The molecule has 2 aromatic carbocycles.